The molecule has 0 amide bonds. The highest BCUT2D eigenvalue weighted by atomic mass is 16.6. The van der Waals surface area contributed by atoms with Gasteiger partial charge in [0.05, 0.1) is 13.2 Å². The SMILES string of the molecule is CC(=O)OCCOCc1ccc(O)cc1. The first-order chi connectivity index (χ1) is 7.18. The molecule has 1 aromatic rings. The Kier molecular flexibility index (Phi) is 4.63. The van der Waals surface area contributed by atoms with Crippen LogP contribution in [0.25, 0.3) is 0 Å². The lowest BCUT2D eigenvalue weighted by Gasteiger charge is -2.04. The third-order valence-electron chi connectivity index (χ3n) is 1.74. The molecule has 0 bridgehead atoms. The van der Waals surface area contributed by atoms with E-state index in [4.69, 9.17) is 14.6 Å². The van der Waals surface area contributed by atoms with Gasteiger partial charge in [-0.15, -0.1) is 0 Å². The number of phenolic OH excluding ortho intramolecular Hbond substituents is 1. The monoisotopic (exact) mass is 210 g/mol. The van der Waals surface area contributed by atoms with E-state index in [1.54, 1.807) is 24.3 Å². The van der Waals surface area contributed by atoms with E-state index in [1.165, 1.54) is 6.92 Å². The number of carbonyl (C=O) groups is 1. The third-order valence-corrected chi connectivity index (χ3v) is 1.74. The van der Waals surface area contributed by atoms with Crippen molar-refractivity contribution in [3.63, 3.8) is 0 Å². The number of esters is 1. The zero-order valence-corrected chi connectivity index (χ0v) is 8.60. The van der Waals surface area contributed by atoms with E-state index >= 15 is 0 Å². The fourth-order valence-corrected chi connectivity index (χ4v) is 1.03. The Morgan fingerprint density at radius 2 is 1.93 bits per heavy atom. The summed E-state index contributed by atoms with van der Waals surface area (Å²) in [5, 5.41) is 9.03. The van der Waals surface area contributed by atoms with Gasteiger partial charge in [0.15, 0.2) is 0 Å². The first-order valence-corrected chi connectivity index (χ1v) is 4.67. The van der Waals surface area contributed by atoms with Crippen LogP contribution in [-0.2, 0) is 20.9 Å². The Balaban J connectivity index is 2.15. The number of phenols is 1. The zero-order valence-electron chi connectivity index (χ0n) is 8.60. The molecule has 82 valence electrons. The van der Waals surface area contributed by atoms with Crippen LogP contribution in [0.2, 0.25) is 0 Å². The van der Waals surface area contributed by atoms with Gasteiger partial charge in [0.2, 0.25) is 0 Å². The number of carbonyl (C=O) groups excluding carboxylic acids is 1. The summed E-state index contributed by atoms with van der Waals surface area (Å²) >= 11 is 0. The van der Waals surface area contributed by atoms with Crippen LogP contribution in [0.1, 0.15) is 12.5 Å². The van der Waals surface area contributed by atoms with Crippen molar-refractivity contribution in [2.75, 3.05) is 13.2 Å². The molecule has 0 spiro atoms. The summed E-state index contributed by atoms with van der Waals surface area (Å²) in [6.45, 7) is 2.45. The molecule has 4 nitrogen and oxygen atoms in total. The molecule has 0 radical (unpaired) electrons. The van der Waals surface area contributed by atoms with Gasteiger partial charge >= 0.3 is 5.97 Å². The molecule has 1 aromatic carbocycles. The van der Waals surface area contributed by atoms with Crippen molar-refractivity contribution >= 4 is 5.97 Å². The highest BCUT2D eigenvalue weighted by molar-refractivity contribution is 5.65. The van der Waals surface area contributed by atoms with Crippen molar-refractivity contribution in [2.24, 2.45) is 0 Å². The summed E-state index contributed by atoms with van der Waals surface area (Å²) in [6.07, 6.45) is 0. The Labute approximate surface area is 88.4 Å². The van der Waals surface area contributed by atoms with E-state index in [-0.39, 0.29) is 18.3 Å². The summed E-state index contributed by atoms with van der Waals surface area (Å²) in [5.41, 5.74) is 0.968. The van der Waals surface area contributed by atoms with Gasteiger partial charge in [-0.1, -0.05) is 12.1 Å². The van der Waals surface area contributed by atoms with Gasteiger partial charge in [-0.2, -0.15) is 0 Å². The van der Waals surface area contributed by atoms with Crippen LogP contribution >= 0.6 is 0 Å². The molecule has 1 rings (SSSR count). The molecule has 4 heteroatoms. The van der Waals surface area contributed by atoms with E-state index < -0.39 is 0 Å². The molecule has 0 aromatic heterocycles. The second-order valence-electron chi connectivity index (χ2n) is 3.06. The molecule has 15 heavy (non-hydrogen) atoms. The van der Waals surface area contributed by atoms with Crippen LogP contribution < -0.4 is 0 Å². The number of benzene rings is 1. The maximum Gasteiger partial charge on any atom is 0.302 e. The smallest absolute Gasteiger partial charge is 0.302 e. The van der Waals surface area contributed by atoms with E-state index in [9.17, 15) is 4.79 Å². The number of hydrogen-bond acceptors (Lipinski definition) is 4. The average Bonchev–Trinajstić information content (AvgIpc) is 2.20. The molecule has 0 saturated carbocycles. The minimum absolute atomic E-state index is 0.235. The Morgan fingerprint density at radius 3 is 2.53 bits per heavy atom. The predicted octanol–water partition coefficient (Wildman–Crippen LogP) is 1.47. The van der Waals surface area contributed by atoms with Crippen LogP contribution in [0.5, 0.6) is 5.75 Å². The van der Waals surface area contributed by atoms with Gasteiger partial charge in [0.1, 0.15) is 12.4 Å². The van der Waals surface area contributed by atoms with Gasteiger partial charge in [-0.25, -0.2) is 0 Å². The van der Waals surface area contributed by atoms with Crippen LogP contribution in [-0.4, -0.2) is 24.3 Å². The fourth-order valence-electron chi connectivity index (χ4n) is 1.03. The van der Waals surface area contributed by atoms with Crippen molar-refractivity contribution in [1.29, 1.82) is 0 Å². The molecule has 0 aliphatic rings. The number of aromatic hydroxyl groups is 1. The van der Waals surface area contributed by atoms with Crippen LogP contribution in [0.15, 0.2) is 24.3 Å². The minimum atomic E-state index is -0.303. The van der Waals surface area contributed by atoms with Crippen molar-refractivity contribution < 1.29 is 19.4 Å². The molecule has 1 N–H and O–H groups in total. The lowest BCUT2D eigenvalue weighted by atomic mass is 10.2. The number of rotatable bonds is 5. The Bertz CT molecular complexity index is 305. The number of hydrogen-bond donors (Lipinski definition) is 1. The summed E-state index contributed by atoms with van der Waals surface area (Å²) in [6, 6.07) is 6.76. The summed E-state index contributed by atoms with van der Waals surface area (Å²) in [7, 11) is 0. The molecular formula is C11H14O4. The minimum Gasteiger partial charge on any atom is -0.508 e. The summed E-state index contributed by atoms with van der Waals surface area (Å²) in [4.78, 5) is 10.4. The first-order valence-electron chi connectivity index (χ1n) is 4.67. The molecule has 0 atom stereocenters. The van der Waals surface area contributed by atoms with Crippen molar-refractivity contribution in [3.05, 3.63) is 29.8 Å². The van der Waals surface area contributed by atoms with Crippen LogP contribution in [0, 0.1) is 0 Å². The second-order valence-corrected chi connectivity index (χ2v) is 3.06. The molecule has 0 fully saturated rings. The van der Waals surface area contributed by atoms with E-state index in [0.717, 1.165) is 5.56 Å². The quantitative estimate of drug-likeness (QED) is 0.590. The van der Waals surface area contributed by atoms with E-state index in [0.29, 0.717) is 13.2 Å². The lowest BCUT2D eigenvalue weighted by molar-refractivity contribution is -0.142. The summed E-state index contributed by atoms with van der Waals surface area (Å²) in [5.74, 6) is -0.0677. The molecule has 0 aliphatic carbocycles. The zero-order chi connectivity index (χ0) is 11.1. The molecule has 0 heterocycles. The Morgan fingerprint density at radius 1 is 1.27 bits per heavy atom. The average molecular weight is 210 g/mol. The van der Waals surface area contributed by atoms with Gasteiger partial charge in [-0.05, 0) is 17.7 Å². The van der Waals surface area contributed by atoms with E-state index in [2.05, 4.69) is 0 Å². The molecular weight excluding hydrogens is 196 g/mol. The summed E-state index contributed by atoms with van der Waals surface area (Å²) < 4.78 is 9.95. The predicted molar refractivity (Wildman–Crippen MR) is 54.4 cm³/mol. The van der Waals surface area contributed by atoms with Crippen molar-refractivity contribution in [2.45, 2.75) is 13.5 Å². The molecule has 0 saturated heterocycles. The topological polar surface area (TPSA) is 55.8 Å². The highest BCUT2D eigenvalue weighted by Gasteiger charge is 1.95. The lowest BCUT2D eigenvalue weighted by Crippen LogP contribution is -2.07. The maximum atomic E-state index is 10.4. The van der Waals surface area contributed by atoms with Gasteiger partial charge < -0.3 is 14.6 Å². The Hall–Kier alpha value is -1.55. The first kappa shape index (κ1) is 11.5. The molecule has 0 aliphatic heterocycles. The third kappa shape index (κ3) is 5.02. The normalized spacial score (nSPS) is 9.93. The standard InChI is InChI=1S/C11H14O4/c1-9(12)15-7-6-14-8-10-2-4-11(13)5-3-10/h2-5,13H,6-8H2,1H3. The van der Waals surface area contributed by atoms with Gasteiger partial charge in [-0.3, -0.25) is 4.79 Å². The second kappa shape index (κ2) is 6.03. The maximum absolute atomic E-state index is 10.4. The van der Waals surface area contributed by atoms with Crippen LogP contribution in [0.4, 0.5) is 0 Å². The van der Waals surface area contributed by atoms with Crippen molar-refractivity contribution in [3.8, 4) is 5.75 Å². The fraction of sp³-hybridized carbons (Fsp3) is 0.364. The van der Waals surface area contributed by atoms with Gasteiger partial charge in [0, 0.05) is 6.92 Å². The van der Waals surface area contributed by atoms with Crippen LogP contribution in [0.3, 0.4) is 0 Å². The van der Waals surface area contributed by atoms with E-state index in [1.807, 2.05) is 0 Å². The van der Waals surface area contributed by atoms with Gasteiger partial charge in [0.25, 0.3) is 0 Å². The van der Waals surface area contributed by atoms with Crippen molar-refractivity contribution in [1.82, 2.24) is 0 Å². The number of ether oxygens (including phenoxy) is 2. The largest absolute Gasteiger partial charge is 0.508 e. The molecule has 0 unspecified atom stereocenters. The highest BCUT2D eigenvalue weighted by Crippen LogP contribution is 2.10.